The summed E-state index contributed by atoms with van der Waals surface area (Å²) in [6.45, 7) is 7.42. The third-order valence-corrected chi connectivity index (χ3v) is 5.23. The van der Waals surface area contributed by atoms with Gasteiger partial charge >= 0.3 is 0 Å². The summed E-state index contributed by atoms with van der Waals surface area (Å²) in [5, 5.41) is 3.00. The highest BCUT2D eigenvalue weighted by Crippen LogP contribution is 2.32. The zero-order valence-corrected chi connectivity index (χ0v) is 18.3. The lowest BCUT2D eigenvalue weighted by atomic mass is 9.97. The Labute approximate surface area is 182 Å². The lowest BCUT2D eigenvalue weighted by molar-refractivity contribution is -0.137. The number of halogens is 1. The van der Waals surface area contributed by atoms with Crippen molar-refractivity contribution in [1.82, 2.24) is 4.90 Å². The fraction of sp³-hybridized carbons (Fsp3) is 0.360. The first-order valence-electron chi connectivity index (χ1n) is 10.7. The zero-order chi connectivity index (χ0) is 22.4. The molecule has 0 radical (unpaired) electrons. The molecule has 31 heavy (non-hydrogen) atoms. The average molecular weight is 425 g/mol. The second-order valence-corrected chi connectivity index (χ2v) is 7.79. The monoisotopic (exact) mass is 424 g/mol. The first kappa shape index (κ1) is 22.7. The highest BCUT2D eigenvalue weighted by Gasteiger charge is 2.39. The van der Waals surface area contributed by atoms with Crippen molar-refractivity contribution >= 4 is 23.1 Å². The van der Waals surface area contributed by atoms with Crippen molar-refractivity contribution in [3.8, 4) is 0 Å². The summed E-state index contributed by atoms with van der Waals surface area (Å²) in [7, 11) is 0. The number of benzene rings is 2. The summed E-state index contributed by atoms with van der Waals surface area (Å²) in [5.74, 6) is -1.17. The van der Waals surface area contributed by atoms with Gasteiger partial charge in [-0.3, -0.25) is 14.5 Å². The van der Waals surface area contributed by atoms with E-state index in [4.69, 9.17) is 4.74 Å². The molecule has 164 valence electrons. The van der Waals surface area contributed by atoms with Crippen molar-refractivity contribution in [2.75, 3.05) is 25.1 Å². The molecule has 0 atom stereocenters. The van der Waals surface area contributed by atoms with E-state index in [1.807, 2.05) is 32.0 Å². The fourth-order valence-corrected chi connectivity index (χ4v) is 3.62. The first-order chi connectivity index (χ1) is 14.9. The molecule has 2 aromatic carbocycles. The molecule has 5 nitrogen and oxygen atoms in total. The highest BCUT2D eigenvalue weighted by atomic mass is 19.1. The van der Waals surface area contributed by atoms with Crippen LogP contribution >= 0.6 is 0 Å². The molecule has 0 aliphatic carbocycles. The Morgan fingerprint density at radius 1 is 1.00 bits per heavy atom. The number of hydrogen-bond donors (Lipinski definition) is 1. The predicted octanol–water partition coefficient (Wildman–Crippen LogP) is 4.84. The smallest absolute Gasteiger partial charge is 0.278 e. The maximum absolute atomic E-state index is 13.7. The van der Waals surface area contributed by atoms with Gasteiger partial charge in [-0.25, -0.2) is 4.39 Å². The second-order valence-electron chi connectivity index (χ2n) is 7.79. The Kier molecular flexibility index (Phi) is 7.58. The van der Waals surface area contributed by atoms with Crippen LogP contribution in [0, 0.1) is 19.7 Å². The van der Waals surface area contributed by atoms with Gasteiger partial charge in [-0.2, -0.15) is 0 Å². The molecule has 1 heterocycles. The largest absolute Gasteiger partial charge is 0.381 e. The minimum absolute atomic E-state index is 0.175. The summed E-state index contributed by atoms with van der Waals surface area (Å²) in [6, 6.07) is 11.6. The number of carbonyl (C=O) groups excluding carboxylic acids is 2. The lowest BCUT2D eigenvalue weighted by Crippen LogP contribution is -2.34. The Balaban J connectivity index is 1.87. The van der Waals surface area contributed by atoms with Gasteiger partial charge in [0.1, 0.15) is 11.5 Å². The van der Waals surface area contributed by atoms with Crippen molar-refractivity contribution in [2.45, 2.75) is 40.0 Å². The van der Waals surface area contributed by atoms with Crippen molar-refractivity contribution in [3.63, 3.8) is 0 Å². The quantitative estimate of drug-likeness (QED) is 0.438. The van der Waals surface area contributed by atoms with Gasteiger partial charge in [0.2, 0.25) is 0 Å². The lowest BCUT2D eigenvalue weighted by Gasteiger charge is -2.15. The number of amides is 2. The Morgan fingerprint density at radius 3 is 2.48 bits per heavy atom. The van der Waals surface area contributed by atoms with E-state index < -0.39 is 11.7 Å². The number of aryl methyl sites for hydroxylation is 2. The molecule has 1 N–H and O–H groups in total. The van der Waals surface area contributed by atoms with E-state index in [0.29, 0.717) is 36.5 Å². The third-order valence-electron chi connectivity index (χ3n) is 5.23. The van der Waals surface area contributed by atoms with Crippen LogP contribution in [0.15, 0.2) is 48.2 Å². The van der Waals surface area contributed by atoms with Gasteiger partial charge in [-0.05, 0) is 56.0 Å². The topological polar surface area (TPSA) is 58.6 Å². The molecule has 0 saturated carbocycles. The van der Waals surface area contributed by atoms with Crippen LogP contribution in [0.4, 0.5) is 10.1 Å². The minimum Gasteiger partial charge on any atom is -0.381 e. The van der Waals surface area contributed by atoms with E-state index in [1.165, 1.54) is 17.0 Å². The Hall–Kier alpha value is -2.99. The van der Waals surface area contributed by atoms with E-state index in [0.717, 1.165) is 24.0 Å². The third kappa shape index (κ3) is 5.39. The molecule has 0 unspecified atom stereocenters. The second kappa shape index (κ2) is 10.4. The van der Waals surface area contributed by atoms with Crippen LogP contribution in [-0.4, -0.2) is 36.5 Å². The molecule has 0 spiro atoms. The first-order valence-corrected chi connectivity index (χ1v) is 10.7. The molecular weight excluding hydrogens is 395 g/mol. The van der Waals surface area contributed by atoms with Crippen molar-refractivity contribution < 1.29 is 18.7 Å². The molecule has 0 aromatic heterocycles. The van der Waals surface area contributed by atoms with Gasteiger partial charge < -0.3 is 10.1 Å². The van der Waals surface area contributed by atoms with Gasteiger partial charge in [-0.1, -0.05) is 43.2 Å². The van der Waals surface area contributed by atoms with Gasteiger partial charge in [-0.15, -0.1) is 0 Å². The molecule has 0 fully saturated rings. The van der Waals surface area contributed by atoms with Gasteiger partial charge in [0, 0.05) is 25.4 Å². The van der Waals surface area contributed by atoms with Crippen molar-refractivity contribution in [2.24, 2.45) is 0 Å². The van der Waals surface area contributed by atoms with E-state index >= 15 is 0 Å². The molecule has 3 rings (SSSR count). The molecule has 1 aliphatic heterocycles. The van der Waals surface area contributed by atoms with Crippen LogP contribution in [-0.2, 0) is 14.3 Å². The maximum atomic E-state index is 13.7. The number of nitrogens with one attached hydrogen (secondary N) is 1. The standard InChI is InChI=1S/C25H29FN2O3/c1-4-5-13-31-14-7-12-28-24(29)22(21-11-10-17(2)15-18(21)3)23(25(28)30)27-20-9-6-8-19(26)16-20/h6,8-11,15-16,27H,4-5,7,12-14H2,1-3H3. The zero-order valence-electron chi connectivity index (χ0n) is 18.3. The number of imide groups is 1. The van der Waals surface area contributed by atoms with Crippen molar-refractivity contribution in [1.29, 1.82) is 0 Å². The summed E-state index contributed by atoms with van der Waals surface area (Å²) in [6.07, 6.45) is 2.61. The number of unbranched alkanes of at least 4 members (excludes halogenated alkanes) is 1. The van der Waals surface area contributed by atoms with Crippen LogP contribution in [0.3, 0.4) is 0 Å². The SMILES string of the molecule is CCCCOCCCN1C(=O)C(Nc2cccc(F)c2)=C(c2ccc(C)cc2C)C1=O. The fourth-order valence-electron chi connectivity index (χ4n) is 3.62. The number of anilines is 1. The number of ether oxygens (including phenoxy) is 1. The molecular formula is C25H29FN2O3. The number of rotatable bonds is 10. The number of carbonyl (C=O) groups is 2. The molecule has 2 amide bonds. The average Bonchev–Trinajstić information content (AvgIpc) is 2.95. The predicted molar refractivity (Wildman–Crippen MR) is 120 cm³/mol. The van der Waals surface area contributed by atoms with Crippen LogP contribution in [0.5, 0.6) is 0 Å². The van der Waals surface area contributed by atoms with E-state index in [1.54, 1.807) is 12.1 Å². The van der Waals surface area contributed by atoms with Crippen LogP contribution in [0.2, 0.25) is 0 Å². The van der Waals surface area contributed by atoms with Crippen LogP contribution in [0.25, 0.3) is 5.57 Å². The van der Waals surface area contributed by atoms with Gasteiger partial charge in [0.15, 0.2) is 0 Å². The van der Waals surface area contributed by atoms with Gasteiger partial charge in [0.05, 0.1) is 5.57 Å². The summed E-state index contributed by atoms with van der Waals surface area (Å²) < 4.78 is 19.2. The molecule has 0 bridgehead atoms. The molecule has 1 aliphatic rings. The van der Waals surface area contributed by atoms with Gasteiger partial charge in [0.25, 0.3) is 11.8 Å². The molecule has 2 aromatic rings. The van der Waals surface area contributed by atoms with E-state index in [9.17, 15) is 14.0 Å². The molecule has 0 saturated heterocycles. The highest BCUT2D eigenvalue weighted by molar-refractivity contribution is 6.36. The minimum atomic E-state index is -0.420. The van der Waals surface area contributed by atoms with Crippen LogP contribution < -0.4 is 5.32 Å². The Morgan fingerprint density at radius 2 is 1.77 bits per heavy atom. The summed E-state index contributed by atoms with van der Waals surface area (Å²) in [5.41, 5.74) is 3.58. The number of hydrogen-bond acceptors (Lipinski definition) is 4. The number of nitrogens with zero attached hydrogens (tertiary/aromatic N) is 1. The van der Waals surface area contributed by atoms with Crippen molar-refractivity contribution in [3.05, 3.63) is 70.7 Å². The van der Waals surface area contributed by atoms with E-state index in [2.05, 4.69) is 12.2 Å². The summed E-state index contributed by atoms with van der Waals surface area (Å²) in [4.78, 5) is 27.7. The summed E-state index contributed by atoms with van der Waals surface area (Å²) >= 11 is 0. The molecule has 6 heteroatoms. The van der Waals surface area contributed by atoms with E-state index in [-0.39, 0.29) is 18.1 Å². The van der Waals surface area contributed by atoms with Crippen LogP contribution in [0.1, 0.15) is 42.9 Å². The Bertz CT molecular complexity index is 1000. The maximum Gasteiger partial charge on any atom is 0.278 e. The normalized spacial score (nSPS) is 14.0.